The smallest absolute Gasteiger partial charge is 0.409 e. The SMILES string of the molecule is CCOC(=O)N1CCC(N2CCC(NC(C)C)C2=O)CC1. The Kier molecular flexibility index (Phi) is 5.45. The second kappa shape index (κ2) is 7.11. The highest BCUT2D eigenvalue weighted by atomic mass is 16.6. The van der Waals surface area contributed by atoms with Crippen LogP contribution in [0.25, 0.3) is 0 Å². The van der Waals surface area contributed by atoms with Crippen molar-refractivity contribution < 1.29 is 14.3 Å². The van der Waals surface area contributed by atoms with E-state index in [0.717, 1.165) is 25.8 Å². The molecule has 2 saturated heterocycles. The number of carbonyl (C=O) groups is 2. The molecular weight excluding hydrogens is 270 g/mol. The molecule has 2 heterocycles. The molecule has 6 heteroatoms. The Morgan fingerprint density at radius 3 is 2.52 bits per heavy atom. The minimum atomic E-state index is -0.233. The Hall–Kier alpha value is -1.30. The zero-order valence-electron chi connectivity index (χ0n) is 13.3. The van der Waals surface area contributed by atoms with Crippen molar-refractivity contribution in [1.82, 2.24) is 15.1 Å². The fourth-order valence-corrected chi connectivity index (χ4v) is 3.20. The van der Waals surface area contributed by atoms with Crippen molar-refractivity contribution in [2.24, 2.45) is 0 Å². The van der Waals surface area contributed by atoms with Gasteiger partial charge in [0.15, 0.2) is 0 Å². The van der Waals surface area contributed by atoms with E-state index in [1.54, 1.807) is 4.90 Å². The maximum absolute atomic E-state index is 12.4. The molecule has 2 amide bonds. The van der Waals surface area contributed by atoms with Gasteiger partial charge >= 0.3 is 6.09 Å². The van der Waals surface area contributed by atoms with Crippen LogP contribution in [0.3, 0.4) is 0 Å². The molecule has 2 aliphatic rings. The number of rotatable bonds is 4. The standard InChI is InChI=1S/C15H27N3O3/c1-4-21-15(20)17-8-5-12(6-9-17)18-10-7-13(14(18)19)16-11(2)3/h11-13,16H,4-10H2,1-3H3. The quantitative estimate of drug-likeness (QED) is 0.847. The predicted octanol–water partition coefficient (Wildman–Crippen LogP) is 1.21. The molecule has 21 heavy (non-hydrogen) atoms. The lowest BCUT2D eigenvalue weighted by Gasteiger charge is -2.36. The maximum Gasteiger partial charge on any atom is 0.409 e. The summed E-state index contributed by atoms with van der Waals surface area (Å²) in [4.78, 5) is 27.8. The van der Waals surface area contributed by atoms with Crippen LogP contribution in [0.15, 0.2) is 0 Å². The number of nitrogens with zero attached hydrogens (tertiary/aromatic N) is 2. The van der Waals surface area contributed by atoms with Crippen LogP contribution >= 0.6 is 0 Å². The van der Waals surface area contributed by atoms with Gasteiger partial charge in [-0.15, -0.1) is 0 Å². The molecule has 0 aromatic heterocycles. The first kappa shape index (κ1) is 16.1. The van der Waals surface area contributed by atoms with E-state index >= 15 is 0 Å². The molecule has 0 saturated carbocycles. The molecule has 0 aliphatic carbocycles. The Morgan fingerprint density at radius 1 is 1.29 bits per heavy atom. The molecule has 0 spiro atoms. The minimum Gasteiger partial charge on any atom is -0.450 e. The molecule has 0 radical (unpaired) electrons. The van der Waals surface area contributed by atoms with Crippen LogP contribution < -0.4 is 5.32 Å². The van der Waals surface area contributed by atoms with Gasteiger partial charge in [-0.05, 0) is 26.2 Å². The van der Waals surface area contributed by atoms with Gasteiger partial charge in [-0.2, -0.15) is 0 Å². The zero-order chi connectivity index (χ0) is 15.4. The molecule has 1 atom stereocenters. The van der Waals surface area contributed by atoms with Gasteiger partial charge in [0, 0.05) is 31.7 Å². The van der Waals surface area contributed by atoms with Crippen LogP contribution in [-0.2, 0) is 9.53 Å². The van der Waals surface area contributed by atoms with Crippen LogP contribution in [0, 0.1) is 0 Å². The molecule has 2 fully saturated rings. The first-order chi connectivity index (χ1) is 10.0. The summed E-state index contributed by atoms with van der Waals surface area (Å²) in [6.07, 6.45) is 2.34. The Morgan fingerprint density at radius 2 is 1.95 bits per heavy atom. The van der Waals surface area contributed by atoms with Crippen LogP contribution in [0.1, 0.15) is 40.0 Å². The highest BCUT2D eigenvalue weighted by Gasteiger charge is 2.37. The van der Waals surface area contributed by atoms with E-state index < -0.39 is 0 Å². The first-order valence-corrected chi connectivity index (χ1v) is 8.01. The minimum absolute atomic E-state index is 0.0342. The van der Waals surface area contributed by atoms with Crippen molar-refractivity contribution in [2.75, 3.05) is 26.2 Å². The van der Waals surface area contributed by atoms with Gasteiger partial charge in [0.2, 0.25) is 5.91 Å². The summed E-state index contributed by atoms with van der Waals surface area (Å²) >= 11 is 0. The monoisotopic (exact) mass is 297 g/mol. The maximum atomic E-state index is 12.4. The molecule has 120 valence electrons. The summed E-state index contributed by atoms with van der Waals surface area (Å²) in [7, 11) is 0. The van der Waals surface area contributed by atoms with Crippen molar-refractivity contribution in [1.29, 1.82) is 0 Å². The highest BCUT2D eigenvalue weighted by Crippen LogP contribution is 2.23. The normalized spacial score (nSPS) is 24.0. The first-order valence-electron chi connectivity index (χ1n) is 8.01. The molecule has 2 rings (SSSR count). The number of ether oxygens (including phenoxy) is 1. The van der Waals surface area contributed by atoms with Crippen molar-refractivity contribution in [3.05, 3.63) is 0 Å². The fraction of sp³-hybridized carbons (Fsp3) is 0.867. The third kappa shape index (κ3) is 3.87. The van der Waals surface area contributed by atoms with Crippen LogP contribution in [0.4, 0.5) is 4.79 Å². The van der Waals surface area contributed by atoms with Crippen LogP contribution in [-0.4, -0.2) is 66.2 Å². The average Bonchev–Trinajstić information content (AvgIpc) is 2.80. The molecule has 0 aromatic rings. The lowest BCUT2D eigenvalue weighted by molar-refractivity contribution is -0.132. The van der Waals surface area contributed by atoms with Gasteiger partial charge in [-0.3, -0.25) is 4.79 Å². The lowest BCUT2D eigenvalue weighted by atomic mass is 10.0. The van der Waals surface area contributed by atoms with Crippen molar-refractivity contribution in [3.8, 4) is 0 Å². The van der Waals surface area contributed by atoms with Gasteiger partial charge in [-0.25, -0.2) is 4.79 Å². The van der Waals surface area contributed by atoms with Gasteiger partial charge in [0.05, 0.1) is 12.6 Å². The van der Waals surface area contributed by atoms with E-state index in [1.807, 2.05) is 11.8 Å². The Labute approximate surface area is 126 Å². The van der Waals surface area contributed by atoms with Crippen molar-refractivity contribution in [3.63, 3.8) is 0 Å². The molecule has 1 unspecified atom stereocenters. The highest BCUT2D eigenvalue weighted by molar-refractivity contribution is 5.84. The van der Waals surface area contributed by atoms with E-state index in [9.17, 15) is 9.59 Å². The number of hydrogen-bond acceptors (Lipinski definition) is 4. The summed E-state index contributed by atoms with van der Waals surface area (Å²) in [6.45, 7) is 8.53. The number of likely N-dealkylation sites (tertiary alicyclic amines) is 2. The summed E-state index contributed by atoms with van der Waals surface area (Å²) < 4.78 is 5.02. The third-order valence-corrected chi connectivity index (χ3v) is 4.21. The summed E-state index contributed by atoms with van der Waals surface area (Å²) in [5.74, 6) is 0.221. The Balaban J connectivity index is 1.83. The van der Waals surface area contributed by atoms with Gasteiger partial charge < -0.3 is 19.9 Å². The number of nitrogens with one attached hydrogen (secondary N) is 1. The molecule has 0 bridgehead atoms. The summed E-state index contributed by atoms with van der Waals surface area (Å²) in [5, 5.41) is 3.33. The number of carbonyl (C=O) groups excluding carboxylic acids is 2. The predicted molar refractivity (Wildman–Crippen MR) is 80.0 cm³/mol. The van der Waals surface area contributed by atoms with Gasteiger partial charge in [0.1, 0.15) is 0 Å². The van der Waals surface area contributed by atoms with E-state index in [4.69, 9.17) is 4.74 Å². The molecule has 0 aromatic carbocycles. The van der Waals surface area contributed by atoms with Crippen LogP contribution in [0.5, 0.6) is 0 Å². The summed E-state index contributed by atoms with van der Waals surface area (Å²) in [5.41, 5.74) is 0. The number of amides is 2. The molecule has 2 aliphatic heterocycles. The second-order valence-electron chi connectivity index (χ2n) is 6.11. The fourth-order valence-electron chi connectivity index (χ4n) is 3.20. The molecule has 6 nitrogen and oxygen atoms in total. The van der Waals surface area contributed by atoms with E-state index in [1.165, 1.54) is 0 Å². The van der Waals surface area contributed by atoms with Gasteiger partial charge in [0.25, 0.3) is 0 Å². The average molecular weight is 297 g/mol. The topological polar surface area (TPSA) is 61.9 Å². The van der Waals surface area contributed by atoms with E-state index in [2.05, 4.69) is 19.2 Å². The van der Waals surface area contributed by atoms with E-state index in [-0.39, 0.29) is 24.1 Å². The van der Waals surface area contributed by atoms with Gasteiger partial charge in [-0.1, -0.05) is 13.8 Å². The van der Waals surface area contributed by atoms with E-state index in [0.29, 0.717) is 25.7 Å². The van der Waals surface area contributed by atoms with Crippen molar-refractivity contribution >= 4 is 12.0 Å². The zero-order valence-corrected chi connectivity index (χ0v) is 13.3. The van der Waals surface area contributed by atoms with Crippen molar-refractivity contribution in [2.45, 2.75) is 58.2 Å². The largest absolute Gasteiger partial charge is 0.450 e. The molecular formula is C15H27N3O3. The number of hydrogen-bond donors (Lipinski definition) is 1. The van der Waals surface area contributed by atoms with Crippen LogP contribution in [0.2, 0.25) is 0 Å². The Bertz CT molecular complexity index is 378. The third-order valence-electron chi connectivity index (χ3n) is 4.21. The second-order valence-corrected chi connectivity index (χ2v) is 6.11. The summed E-state index contributed by atoms with van der Waals surface area (Å²) in [6, 6.07) is 0.555. The lowest BCUT2D eigenvalue weighted by Crippen LogP contribution is -2.49. The molecule has 1 N–H and O–H groups in total. The number of piperidine rings is 1.